The second-order valence-corrected chi connectivity index (χ2v) is 14.5. The van der Waals surface area contributed by atoms with Gasteiger partial charge in [-0.25, -0.2) is 0 Å². The van der Waals surface area contributed by atoms with Crippen molar-refractivity contribution in [3.05, 3.63) is 164 Å². The SMILES string of the molecule is c1ccc2cc3c(cc2c1)oc1cc(-c2cccc4c2c2cccc5c6c(-c7ccc8c(c7)oc7cc9ccccc9cc78)cccc6n4c25)ccc13. The van der Waals surface area contributed by atoms with E-state index < -0.39 is 0 Å². The van der Waals surface area contributed by atoms with Crippen LogP contribution in [0, 0.1) is 0 Å². The van der Waals surface area contributed by atoms with Crippen molar-refractivity contribution in [2.45, 2.75) is 0 Å². The molecular formula is C50H27NO2. The van der Waals surface area contributed by atoms with Crippen molar-refractivity contribution in [1.29, 1.82) is 0 Å². The smallest absolute Gasteiger partial charge is 0.136 e. The molecule has 0 N–H and O–H groups in total. The van der Waals surface area contributed by atoms with Crippen molar-refractivity contribution in [2.24, 2.45) is 0 Å². The summed E-state index contributed by atoms with van der Waals surface area (Å²) in [7, 11) is 0. The third-order valence-corrected chi connectivity index (χ3v) is 11.7. The van der Waals surface area contributed by atoms with E-state index in [0.29, 0.717) is 0 Å². The van der Waals surface area contributed by atoms with Gasteiger partial charge in [0.25, 0.3) is 0 Å². The number of hydrogen-bond donors (Lipinski definition) is 0. The average molecular weight is 674 g/mol. The first-order valence-corrected chi connectivity index (χ1v) is 18.2. The molecule has 9 aromatic carbocycles. The summed E-state index contributed by atoms with van der Waals surface area (Å²) in [5.41, 5.74) is 12.0. The van der Waals surface area contributed by atoms with Crippen molar-refractivity contribution in [3.63, 3.8) is 0 Å². The molecule has 0 saturated carbocycles. The van der Waals surface area contributed by atoms with Gasteiger partial charge in [-0.05, 0) is 104 Å². The van der Waals surface area contributed by atoms with Gasteiger partial charge in [0.1, 0.15) is 22.3 Å². The predicted molar refractivity (Wildman–Crippen MR) is 222 cm³/mol. The Morgan fingerprint density at radius 1 is 0.321 bits per heavy atom. The number of fused-ring (bicyclic) bond motifs is 14. The maximum absolute atomic E-state index is 6.51. The fourth-order valence-electron chi connectivity index (χ4n) is 9.32. The van der Waals surface area contributed by atoms with Crippen LogP contribution in [0.25, 0.3) is 126 Å². The van der Waals surface area contributed by atoms with Gasteiger partial charge in [-0.2, -0.15) is 0 Å². The Kier molecular flexibility index (Phi) is 5.11. The molecule has 13 aromatic rings. The van der Waals surface area contributed by atoms with E-state index in [1.54, 1.807) is 0 Å². The maximum Gasteiger partial charge on any atom is 0.136 e. The molecule has 0 fully saturated rings. The van der Waals surface area contributed by atoms with E-state index >= 15 is 0 Å². The molecule has 13 rings (SSSR count). The lowest BCUT2D eigenvalue weighted by Crippen LogP contribution is -1.85. The van der Waals surface area contributed by atoms with Gasteiger partial charge in [0, 0.05) is 43.1 Å². The summed E-state index contributed by atoms with van der Waals surface area (Å²) in [6.45, 7) is 0. The van der Waals surface area contributed by atoms with E-state index in [1.165, 1.54) is 70.8 Å². The van der Waals surface area contributed by atoms with Crippen molar-refractivity contribution < 1.29 is 8.83 Å². The molecule has 3 nitrogen and oxygen atoms in total. The zero-order valence-electron chi connectivity index (χ0n) is 28.4. The topological polar surface area (TPSA) is 30.7 Å². The van der Waals surface area contributed by atoms with E-state index in [9.17, 15) is 0 Å². The molecule has 0 aliphatic carbocycles. The van der Waals surface area contributed by atoms with Crippen LogP contribution in [0.4, 0.5) is 0 Å². The monoisotopic (exact) mass is 673 g/mol. The van der Waals surface area contributed by atoms with Gasteiger partial charge < -0.3 is 13.2 Å². The Labute approximate surface area is 301 Å². The average Bonchev–Trinajstić information content (AvgIpc) is 3.95. The van der Waals surface area contributed by atoms with Gasteiger partial charge in [-0.15, -0.1) is 0 Å². The molecule has 0 aliphatic rings. The number of rotatable bonds is 2. The Balaban J connectivity index is 1.02. The second kappa shape index (κ2) is 9.81. The first kappa shape index (κ1) is 27.6. The molecule has 244 valence electrons. The summed E-state index contributed by atoms with van der Waals surface area (Å²) in [5, 5.41) is 14.4. The summed E-state index contributed by atoms with van der Waals surface area (Å²) in [4.78, 5) is 0. The largest absolute Gasteiger partial charge is 0.456 e. The van der Waals surface area contributed by atoms with Crippen LogP contribution in [-0.4, -0.2) is 4.40 Å². The minimum absolute atomic E-state index is 0.908. The van der Waals surface area contributed by atoms with E-state index in [0.717, 1.165) is 55.0 Å². The highest BCUT2D eigenvalue weighted by Gasteiger charge is 2.22. The highest BCUT2D eigenvalue weighted by atomic mass is 16.3. The molecule has 0 saturated heterocycles. The van der Waals surface area contributed by atoms with Crippen molar-refractivity contribution in [2.75, 3.05) is 0 Å². The summed E-state index contributed by atoms with van der Waals surface area (Å²) in [6.07, 6.45) is 0. The molecule has 0 radical (unpaired) electrons. The van der Waals surface area contributed by atoms with Gasteiger partial charge in [0.05, 0.1) is 16.6 Å². The normalized spacial score (nSPS) is 12.5. The van der Waals surface area contributed by atoms with Gasteiger partial charge >= 0.3 is 0 Å². The molecule has 0 spiro atoms. The minimum atomic E-state index is 0.908. The Morgan fingerprint density at radius 2 is 0.755 bits per heavy atom. The zero-order chi connectivity index (χ0) is 34.4. The van der Waals surface area contributed by atoms with Crippen molar-refractivity contribution in [3.8, 4) is 22.3 Å². The lowest BCUT2D eigenvalue weighted by atomic mass is 9.95. The summed E-state index contributed by atoms with van der Waals surface area (Å²) < 4.78 is 15.5. The highest BCUT2D eigenvalue weighted by Crippen LogP contribution is 2.46. The third kappa shape index (κ3) is 3.63. The Bertz CT molecular complexity index is 3450. The minimum Gasteiger partial charge on any atom is -0.456 e. The number of aromatic nitrogens is 1. The van der Waals surface area contributed by atoms with Crippen LogP contribution in [0.5, 0.6) is 0 Å². The third-order valence-electron chi connectivity index (χ3n) is 11.7. The molecule has 0 amide bonds. The van der Waals surface area contributed by atoms with Gasteiger partial charge in [0.2, 0.25) is 0 Å². The summed E-state index contributed by atoms with van der Waals surface area (Å²) >= 11 is 0. The van der Waals surface area contributed by atoms with E-state index in [2.05, 4.69) is 168 Å². The van der Waals surface area contributed by atoms with Gasteiger partial charge in [0.15, 0.2) is 0 Å². The maximum atomic E-state index is 6.51. The van der Waals surface area contributed by atoms with Gasteiger partial charge in [-0.1, -0.05) is 103 Å². The van der Waals surface area contributed by atoms with E-state index in [1.807, 2.05) is 0 Å². The molecular weight excluding hydrogens is 647 g/mol. The van der Waals surface area contributed by atoms with Crippen LogP contribution in [0.3, 0.4) is 0 Å². The van der Waals surface area contributed by atoms with Gasteiger partial charge in [-0.3, -0.25) is 0 Å². The summed E-state index contributed by atoms with van der Waals surface area (Å²) in [5.74, 6) is 0. The Hall–Kier alpha value is -7.10. The van der Waals surface area contributed by atoms with Crippen LogP contribution < -0.4 is 0 Å². The first-order valence-electron chi connectivity index (χ1n) is 18.2. The second-order valence-electron chi connectivity index (χ2n) is 14.5. The zero-order valence-corrected chi connectivity index (χ0v) is 28.4. The number of furan rings is 2. The first-order chi connectivity index (χ1) is 26.2. The number of hydrogen-bond acceptors (Lipinski definition) is 2. The fourth-order valence-corrected chi connectivity index (χ4v) is 9.32. The van der Waals surface area contributed by atoms with Crippen LogP contribution >= 0.6 is 0 Å². The number of para-hydroxylation sites is 1. The Morgan fingerprint density at radius 3 is 1.25 bits per heavy atom. The number of benzene rings is 9. The van der Waals surface area contributed by atoms with Crippen molar-refractivity contribution in [1.82, 2.24) is 4.40 Å². The molecule has 4 aromatic heterocycles. The van der Waals surface area contributed by atoms with Crippen LogP contribution in [0.2, 0.25) is 0 Å². The molecule has 0 unspecified atom stereocenters. The lowest BCUT2D eigenvalue weighted by Gasteiger charge is -2.08. The van der Waals surface area contributed by atoms with Crippen LogP contribution in [0.1, 0.15) is 0 Å². The molecule has 3 heteroatoms. The highest BCUT2D eigenvalue weighted by molar-refractivity contribution is 6.28. The fraction of sp³-hybridized carbons (Fsp3) is 0. The van der Waals surface area contributed by atoms with Crippen molar-refractivity contribution >= 4 is 104 Å². The lowest BCUT2D eigenvalue weighted by molar-refractivity contribution is 0.669. The van der Waals surface area contributed by atoms with Crippen LogP contribution in [-0.2, 0) is 0 Å². The molecule has 0 bridgehead atoms. The van der Waals surface area contributed by atoms with E-state index in [-0.39, 0.29) is 0 Å². The molecule has 0 atom stereocenters. The summed E-state index contributed by atoms with van der Waals surface area (Å²) in [6, 6.07) is 59.4. The number of nitrogens with zero attached hydrogens (tertiary/aromatic N) is 1. The van der Waals surface area contributed by atoms with Crippen LogP contribution in [0.15, 0.2) is 173 Å². The molecule has 0 aliphatic heterocycles. The van der Waals surface area contributed by atoms with E-state index in [4.69, 9.17) is 8.83 Å². The quantitative estimate of drug-likeness (QED) is 0.183. The molecule has 53 heavy (non-hydrogen) atoms. The molecule has 4 heterocycles. The standard InChI is InChI=1S/C50H27NO2/c1-3-10-30-24-46-40(22-28(30)8-1)36-20-18-32(26-44(36)52-46)34-12-6-16-42-48(34)38-14-5-15-39-49-35(13-7-17-43(49)51(42)50(38)39)33-19-21-37-41-23-29-9-2-4-11-31(29)25-47(41)53-45(37)27-33/h1-27H. The predicted octanol–water partition coefficient (Wildman–Crippen LogP) is 14.3.